The smallest absolute Gasteiger partial charge is 0.549 e. The Morgan fingerprint density at radius 1 is 0.673 bits per heavy atom. The topological polar surface area (TPSA) is 139 Å². The average Bonchev–Trinajstić information content (AvgIpc) is 4.03. The molecule has 0 atom stereocenters. The van der Waals surface area contributed by atoms with E-state index in [4.69, 9.17) is 5.11 Å². The zero-order valence-electron chi connectivity index (χ0n) is 26.3. The molecule has 2 aliphatic carbocycles. The van der Waals surface area contributed by atoms with Gasteiger partial charge in [-0.25, -0.2) is 0 Å². The third-order valence-electron chi connectivity index (χ3n) is 8.22. The summed E-state index contributed by atoms with van der Waals surface area (Å²) in [4.78, 5) is 21.6. The Kier molecular flexibility index (Phi) is 11.5. The second kappa shape index (κ2) is 15.7. The SMILES string of the molecule is O=C(O)CSc1nnc(Br)n1-c1ccc(C2CC2)c2ccccc12.O=C([O-])CSc1nnc(Br)n1-c1ccc(C2CC2)c2ccccc12.[Na+]. The van der Waals surface area contributed by atoms with Gasteiger partial charge in [-0.1, -0.05) is 84.2 Å². The summed E-state index contributed by atoms with van der Waals surface area (Å²) in [5, 5.41) is 41.8. The molecule has 4 aromatic carbocycles. The van der Waals surface area contributed by atoms with Crippen molar-refractivity contribution in [2.45, 2.75) is 47.8 Å². The molecule has 1 N–H and O–H groups in total. The standard InChI is InChI=1S/2C17H14BrN3O2S.Na/c2*18-16-19-20-17(24-9-15(22)23)21(16)14-8-7-11(10-5-6-10)12-3-1-2-4-13(12)14;/h2*1-4,7-8,10H,5-6,9H2,(H,22,23);/q;;+1/p-1. The number of hydrogen-bond acceptors (Lipinski definition) is 9. The van der Waals surface area contributed by atoms with Crippen LogP contribution in [0, 0.1) is 0 Å². The van der Waals surface area contributed by atoms with Crippen LogP contribution < -0.4 is 34.7 Å². The molecule has 8 rings (SSSR count). The van der Waals surface area contributed by atoms with E-state index in [-0.39, 0.29) is 41.1 Å². The summed E-state index contributed by atoms with van der Waals surface area (Å²) in [6, 6.07) is 25.1. The quantitative estimate of drug-likeness (QED) is 0.158. The summed E-state index contributed by atoms with van der Waals surface area (Å²) >= 11 is 9.12. The Bertz CT molecular complexity index is 2030. The minimum Gasteiger partial charge on any atom is -0.549 e. The van der Waals surface area contributed by atoms with Crippen molar-refractivity contribution in [1.82, 2.24) is 29.5 Å². The van der Waals surface area contributed by atoms with E-state index >= 15 is 0 Å². The fourth-order valence-corrected chi connectivity index (χ4v) is 8.29. The molecule has 0 unspecified atom stereocenters. The summed E-state index contributed by atoms with van der Waals surface area (Å²) in [5.41, 5.74) is 4.66. The number of carboxylic acid groups (broad SMARTS) is 2. The third-order valence-corrected chi connectivity index (χ3v) is 11.1. The summed E-state index contributed by atoms with van der Waals surface area (Å²) < 4.78 is 4.83. The van der Waals surface area contributed by atoms with Gasteiger partial charge in [0, 0.05) is 16.5 Å². The van der Waals surface area contributed by atoms with Gasteiger partial charge in [0.05, 0.1) is 23.1 Å². The van der Waals surface area contributed by atoms with Crippen molar-refractivity contribution in [1.29, 1.82) is 0 Å². The number of aromatic nitrogens is 6. The molecule has 15 heteroatoms. The number of carboxylic acids is 2. The summed E-state index contributed by atoms with van der Waals surface area (Å²) in [6.07, 6.45) is 4.98. The molecule has 2 aliphatic rings. The number of fused-ring (bicyclic) bond motifs is 2. The zero-order chi connectivity index (χ0) is 33.4. The monoisotopic (exact) mass is 828 g/mol. The molecule has 0 spiro atoms. The maximum absolute atomic E-state index is 10.9. The normalized spacial score (nSPS) is 13.9. The number of thioether (sulfide) groups is 2. The number of benzene rings is 4. The van der Waals surface area contributed by atoms with Gasteiger partial charge in [-0.15, -0.1) is 20.4 Å². The van der Waals surface area contributed by atoms with E-state index in [9.17, 15) is 14.7 Å². The van der Waals surface area contributed by atoms with Crippen molar-refractivity contribution in [3.05, 3.63) is 93.4 Å². The molecule has 0 aliphatic heterocycles. The number of aliphatic carboxylic acids is 2. The number of hydrogen-bond donors (Lipinski definition) is 1. The van der Waals surface area contributed by atoms with Crippen molar-refractivity contribution in [3.63, 3.8) is 0 Å². The van der Waals surface area contributed by atoms with Crippen LogP contribution in [0.2, 0.25) is 0 Å². The molecule has 10 nitrogen and oxygen atoms in total. The van der Waals surface area contributed by atoms with Gasteiger partial charge in [-0.2, -0.15) is 0 Å². The van der Waals surface area contributed by atoms with E-state index in [1.807, 2.05) is 27.3 Å². The van der Waals surface area contributed by atoms with Crippen molar-refractivity contribution >= 4 is 88.9 Å². The molecule has 49 heavy (non-hydrogen) atoms. The predicted molar refractivity (Wildman–Crippen MR) is 191 cm³/mol. The van der Waals surface area contributed by atoms with E-state index in [0.717, 1.165) is 45.7 Å². The Balaban J connectivity index is 0.000000167. The fourth-order valence-electron chi connectivity index (χ4n) is 5.85. The number of rotatable bonds is 10. The van der Waals surface area contributed by atoms with Crippen LogP contribution in [0.4, 0.5) is 0 Å². The first-order valence-electron chi connectivity index (χ1n) is 15.2. The van der Waals surface area contributed by atoms with Crippen LogP contribution in [0.1, 0.15) is 48.6 Å². The fraction of sp³-hybridized carbons (Fsp3) is 0.235. The molecular formula is C34H27Br2N6NaO4S2. The Morgan fingerprint density at radius 2 is 1.08 bits per heavy atom. The van der Waals surface area contributed by atoms with Crippen LogP contribution in [0.3, 0.4) is 0 Å². The number of carbonyl (C=O) groups is 2. The first-order valence-corrected chi connectivity index (χ1v) is 18.8. The number of carbonyl (C=O) groups excluding carboxylic acids is 1. The van der Waals surface area contributed by atoms with Gasteiger partial charge in [0.25, 0.3) is 0 Å². The minimum absolute atomic E-state index is 0. The molecule has 0 saturated heterocycles. The molecule has 0 radical (unpaired) electrons. The molecular weight excluding hydrogens is 803 g/mol. The van der Waals surface area contributed by atoms with E-state index in [1.165, 1.54) is 47.6 Å². The molecule has 6 aromatic rings. The van der Waals surface area contributed by atoms with Gasteiger partial charge in [-0.05, 0) is 103 Å². The zero-order valence-corrected chi connectivity index (χ0v) is 33.1. The van der Waals surface area contributed by atoms with Gasteiger partial charge in [-0.3, -0.25) is 13.9 Å². The molecule has 2 heterocycles. The second-order valence-electron chi connectivity index (χ2n) is 11.5. The third kappa shape index (κ3) is 7.95. The molecule has 0 amide bonds. The van der Waals surface area contributed by atoms with E-state index in [2.05, 4.69) is 107 Å². The van der Waals surface area contributed by atoms with Crippen molar-refractivity contribution in [2.75, 3.05) is 11.5 Å². The number of halogens is 2. The van der Waals surface area contributed by atoms with Gasteiger partial charge in [0.2, 0.25) is 9.47 Å². The molecule has 2 saturated carbocycles. The van der Waals surface area contributed by atoms with Gasteiger partial charge >= 0.3 is 35.5 Å². The van der Waals surface area contributed by atoms with E-state index in [1.54, 1.807) is 0 Å². The largest absolute Gasteiger partial charge is 1.00 e. The van der Waals surface area contributed by atoms with E-state index < -0.39 is 11.9 Å². The van der Waals surface area contributed by atoms with E-state index in [0.29, 0.717) is 31.6 Å². The van der Waals surface area contributed by atoms with Crippen LogP contribution in [0.25, 0.3) is 32.9 Å². The van der Waals surface area contributed by atoms with Crippen LogP contribution in [-0.2, 0) is 9.59 Å². The molecule has 2 aromatic heterocycles. The predicted octanol–water partition coefficient (Wildman–Crippen LogP) is 4.14. The Morgan fingerprint density at radius 3 is 1.47 bits per heavy atom. The first kappa shape index (κ1) is 36.1. The summed E-state index contributed by atoms with van der Waals surface area (Å²) in [5.74, 6) is -0.902. The van der Waals surface area contributed by atoms with Crippen LogP contribution >= 0.6 is 55.4 Å². The van der Waals surface area contributed by atoms with Gasteiger partial charge < -0.3 is 15.0 Å². The minimum atomic E-state index is -1.13. The van der Waals surface area contributed by atoms with Crippen molar-refractivity contribution in [2.24, 2.45) is 0 Å². The molecule has 244 valence electrons. The van der Waals surface area contributed by atoms with Gasteiger partial charge in [0.15, 0.2) is 10.3 Å². The van der Waals surface area contributed by atoms with Gasteiger partial charge in [0.1, 0.15) is 0 Å². The Labute approximate surface area is 329 Å². The van der Waals surface area contributed by atoms with Crippen molar-refractivity contribution < 1.29 is 49.4 Å². The van der Waals surface area contributed by atoms with Crippen molar-refractivity contribution in [3.8, 4) is 11.4 Å². The van der Waals surface area contributed by atoms with Crippen LogP contribution in [0.15, 0.2) is 92.6 Å². The number of nitrogens with zero attached hydrogens (tertiary/aromatic N) is 6. The molecule has 2 fully saturated rings. The Hall–Kier alpha value is -2.72. The molecule has 0 bridgehead atoms. The second-order valence-corrected chi connectivity index (χ2v) is 14.8. The summed E-state index contributed by atoms with van der Waals surface area (Å²) in [6.45, 7) is 0. The first-order chi connectivity index (χ1) is 23.3. The maximum atomic E-state index is 10.9. The van der Waals surface area contributed by atoms with Crippen LogP contribution in [0.5, 0.6) is 0 Å². The summed E-state index contributed by atoms with van der Waals surface area (Å²) in [7, 11) is 0. The van der Waals surface area contributed by atoms with Crippen LogP contribution in [-0.4, -0.2) is 58.1 Å². The average molecular weight is 831 g/mol. The maximum Gasteiger partial charge on any atom is 1.00 e.